The zero-order chi connectivity index (χ0) is 13.4. The number of thiophene rings is 1. The summed E-state index contributed by atoms with van der Waals surface area (Å²) < 4.78 is 5.34. The van der Waals surface area contributed by atoms with E-state index in [2.05, 4.69) is 10.3 Å². The van der Waals surface area contributed by atoms with E-state index in [1.807, 2.05) is 25.3 Å². The monoisotopic (exact) mass is 277 g/mol. The summed E-state index contributed by atoms with van der Waals surface area (Å²) in [5.41, 5.74) is 1.47. The number of rotatable bonds is 3. The van der Waals surface area contributed by atoms with Gasteiger partial charge in [-0.15, -0.1) is 11.3 Å². The Morgan fingerprint density at radius 2 is 2.05 bits per heavy atom. The van der Waals surface area contributed by atoms with E-state index >= 15 is 0 Å². The summed E-state index contributed by atoms with van der Waals surface area (Å²) in [7, 11) is 3.62. The van der Waals surface area contributed by atoms with Gasteiger partial charge in [0.2, 0.25) is 0 Å². The fourth-order valence-electron chi connectivity index (χ4n) is 2.64. The molecule has 3 rings (SSSR count). The van der Waals surface area contributed by atoms with Crippen LogP contribution in [0.2, 0.25) is 0 Å². The number of fused-ring (bicyclic) bond motifs is 3. The molecule has 0 aromatic carbocycles. The molecule has 0 radical (unpaired) electrons. The number of aromatic nitrogens is 2. The molecule has 102 valence electrons. The van der Waals surface area contributed by atoms with Gasteiger partial charge in [-0.25, -0.2) is 9.97 Å². The number of methoxy groups -OCH3 is 1. The van der Waals surface area contributed by atoms with Gasteiger partial charge in [0.1, 0.15) is 16.8 Å². The first-order valence-electron chi connectivity index (χ1n) is 6.77. The Kier molecular flexibility index (Phi) is 3.41. The lowest BCUT2D eigenvalue weighted by atomic mass is 9.97. The molecule has 0 spiro atoms. The van der Waals surface area contributed by atoms with Crippen LogP contribution >= 0.6 is 11.3 Å². The van der Waals surface area contributed by atoms with Crippen LogP contribution in [0.25, 0.3) is 10.2 Å². The Labute approximate surface area is 117 Å². The second-order valence-electron chi connectivity index (χ2n) is 4.95. The maximum absolute atomic E-state index is 5.34. The van der Waals surface area contributed by atoms with Gasteiger partial charge in [0.15, 0.2) is 5.82 Å². The van der Waals surface area contributed by atoms with Gasteiger partial charge in [-0.3, -0.25) is 0 Å². The van der Waals surface area contributed by atoms with Crippen LogP contribution in [-0.2, 0) is 17.6 Å². The maximum atomic E-state index is 5.34. The van der Waals surface area contributed by atoms with Crippen molar-refractivity contribution in [3.63, 3.8) is 0 Å². The number of aryl methyl sites for hydroxylation is 2. The summed E-state index contributed by atoms with van der Waals surface area (Å²) in [5.74, 6) is 1.71. The molecule has 2 aromatic heterocycles. The third-order valence-electron chi connectivity index (χ3n) is 3.79. The SMILES string of the molecule is CNc1nc(C(C)OC)nc2sc3c(c12)CCCC3. The Balaban J connectivity index is 2.22. The Morgan fingerprint density at radius 1 is 1.26 bits per heavy atom. The minimum atomic E-state index is -0.0735. The van der Waals surface area contributed by atoms with E-state index in [1.54, 1.807) is 7.11 Å². The van der Waals surface area contributed by atoms with Crippen LogP contribution in [0, 0.1) is 0 Å². The van der Waals surface area contributed by atoms with Gasteiger partial charge in [0.25, 0.3) is 0 Å². The minimum absolute atomic E-state index is 0.0735. The van der Waals surface area contributed by atoms with Gasteiger partial charge >= 0.3 is 0 Å². The molecule has 0 amide bonds. The molecule has 2 heterocycles. The highest BCUT2D eigenvalue weighted by Crippen LogP contribution is 2.39. The lowest BCUT2D eigenvalue weighted by Gasteiger charge is -2.13. The van der Waals surface area contributed by atoms with E-state index in [0.717, 1.165) is 22.9 Å². The highest BCUT2D eigenvalue weighted by Gasteiger charge is 2.21. The van der Waals surface area contributed by atoms with Crippen molar-refractivity contribution in [3.05, 3.63) is 16.3 Å². The molecule has 0 bridgehead atoms. The summed E-state index contributed by atoms with van der Waals surface area (Å²) in [6.07, 6.45) is 4.85. The van der Waals surface area contributed by atoms with Gasteiger partial charge in [-0.05, 0) is 38.2 Å². The predicted molar refractivity (Wildman–Crippen MR) is 79.0 cm³/mol. The van der Waals surface area contributed by atoms with E-state index < -0.39 is 0 Å². The molecular weight excluding hydrogens is 258 g/mol. The molecule has 1 atom stereocenters. The van der Waals surface area contributed by atoms with Crippen molar-refractivity contribution in [3.8, 4) is 0 Å². The molecule has 1 aliphatic rings. The van der Waals surface area contributed by atoms with Crippen LogP contribution in [0.15, 0.2) is 0 Å². The first-order valence-corrected chi connectivity index (χ1v) is 7.59. The zero-order valence-corrected chi connectivity index (χ0v) is 12.4. The predicted octanol–water partition coefficient (Wildman–Crippen LogP) is 3.32. The average Bonchev–Trinajstić information content (AvgIpc) is 2.83. The Morgan fingerprint density at radius 3 is 2.79 bits per heavy atom. The fraction of sp³-hybridized carbons (Fsp3) is 0.571. The summed E-state index contributed by atoms with van der Waals surface area (Å²) in [4.78, 5) is 11.9. The molecule has 1 N–H and O–H groups in total. The van der Waals surface area contributed by atoms with Crippen LogP contribution < -0.4 is 5.32 Å². The quantitative estimate of drug-likeness (QED) is 0.935. The molecule has 0 saturated heterocycles. The molecular formula is C14H19N3OS. The molecule has 4 nitrogen and oxygen atoms in total. The normalized spacial score (nSPS) is 16.4. The van der Waals surface area contributed by atoms with Crippen molar-refractivity contribution in [1.82, 2.24) is 9.97 Å². The molecule has 1 aliphatic carbocycles. The summed E-state index contributed by atoms with van der Waals surface area (Å²) in [6.45, 7) is 1.98. The number of hydrogen-bond acceptors (Lipinski definition) is 5. The second-order valence-corrected chi connectivity index (χ2v) is 6.03. The van der Waals surface area contributed by atoms with E-state index in [9.17, 15) is 0 Å². The molecule has 0 fully saturated rings. The van der Waals surface area contributed by atoms with Gasteiger partial charge in [-0.2, -0.15) is 0 Å². The fourth-order valence-corrected chi connectivity index (χ4v) is 3.91. The van der Waals surface area contributed by atoms with Crippen LogP contribution in [0.1, 0.15) is 42.1 Å². The van der Waals surface area contributed by atoms with Gasteiger partial charge in [0, 0.05) is 19.0 Å². The van der Waals surface area contributed by atoms with E-state index in [1.165, 1.54) is 35.1 Å². The van der Waals surface area contributed by atoms with Crippen molar-refractivity contribution in [2.24, 2.45) is 0 Å². The minimum Gasteiger partial charge on any atom is -0.374 e. The van der Waals surface area contributed by atoms with Gasteiger partial charge in [0.05, 0.1) is 5.39 Å². The van der Waals surface area contributed by atoms with Crippen LogP contribution in [0.4, 0.5) is 5.82 Å². The van der Waals surface area contributed by atoms with Crippen LogP contribution in [0.3, 0.4) is 0 Å². The number of ether oxygens (including phenoxy) is 1. The summed E-state index contributed by atoms with van der Waals surface area (Å²) in [5, 5.41) is 4.46. The van der Waals surface area contributed by atoms with Crippen molar-refractivity contribution in [2.45, 2.75) is 38.7 Å². The van der Waals surface area contributed by atoms with Crippen molar-refractivity contribution in [2.75, 3.05) is 19.5 Å². The number of nitrogens with zero attached hydrogens (tertiary/aromatic N) is 2. The highest BCUT2D eigenvalue weighted by atomic mass is 32.1. The average molecular weight is 277 g/mol. The largest absolute Gasteiger partial charge is 0.374 e. The van der Waals surface area contributed by atoms with E-state index in [4.69, 9.17) is 9.72 Å². The lowest BCUT2D eigenvalue weighted by molar-refractivity contribution is 0.112. The maximum Gasteiger partial charge on any atom is 0.160 e. The van der Waals surface area contributed by atoms with Crippen molar-refractivity contribution < 1.29 is 4.74 Å². The third-order valence-corrected chi connectivity index (χ3v) is 4.97. The summed E-state index contributed by atoms with van der Waals surface area (Å²) in [6, 6.07) is 0. The Hall–Kier alpha value is -1.20. The molecule has 1 unspecified atom stereocenters. The molecule has 19 heavy (non-hydrogen) atoms. The summed E-state index contributed by atoms with van der Waals surface area (Å²) >= 11 is 1.82. The second kappa shape index (κ2) is 5.06. The lowest BCUT2D eigenvalue weighted by Crippen LogP contribution is -2.06. The third kappa shape index (κ3) is 2.11. The van der Waals surface area contributed by atoms with Crippen molar-refractivity contribution >= 4 is 27.4 Å². The van der Waals surface area contributed by atoms with Crippen LogP contribution in [0.5, 0.6) is 0 Å². The topological polar surface area (TPSA) is 47.0 Å². The van der Waals surface area contributed by atoms with Gasteiger partial charge < -0.3 is 10.1 Å². The first kappa shape index (κ1) is 12.8. The van der Waals surface area contributed by atoms with Crippen molar-refractivity contribution in [1.29, 1.82) is 0 Å². The standard InChI is InChI=1S/C14H19N3OS/c1-8(18-3)12-16-13(15-2)11-9-6-4-5-7-10(9)19-14(11)17-12/h8H,4-7H2,1-3H3,(H,15,16,17). The number of anilines is 1. The Bertz CT molecular complexity index is 608. The van der Waals surface area contributed by atoms with E-state index in [-0.39, 0.29) is 6.10 Å². The van der Waals surface area contributed by atoms with Gasteiger partial charge in [-0.1, -0.05) is 0 Å². The molecule has 0 aliphatic heterocycles. The number of nitrogens with one attached hydrogen (secondary N) is 1. The zero-order valence-electron chi connectivity index (χ0n) is 11.6. The molecule has 2 aromatic rings. The number of hydrogen-bond donors (Lipinski definition) is 1. The van der Waals surface area contributed by atoms with E-state index in [0.29, 0.717) is 0 Å². The molecule has 5 heteroatoms. The first-order chi connectivity index (χ1) is 9.24. The smallest absolute Gasteiger partial charge is 0.160 e. The van der Waals surface area contributed by atoms with Crippen LogP contribution in [-0.4, -0.2) is 24.1 Å². The molecule has 0 saturated carbocycles. The highest BCUT2D eigenvalue weighted by molar-refractivity contribution is 7.19.